The highest BCUT2D eigenvalue weighted by molar-refractivity contribution is 5.83. The van der Waals surface area contributed by atoms with Gasteiger partial charge >= 0.3 is 0 Å². The lowest BCUT2D eigenvalue weighted by Crippen LogP contribution is -2.08. The van der Waals surface area contributed by atoms with Gasteiger partial charge in [-0.15, -0.1) is 0 Å². The molecule has 0 amide bonds. The molecule has 0 saturated carbocycles. The molecule has 0 saturated heterocycles. The van der Waals surface area contributed by atoms with E-state index in [4.69, 9.17) is 0 Å². The van der Waals surface area contributed by atoms with Crippen molar-refractivity contribution in [1.82, 2.24) is 0 Å². The number of aryl methyl sites for hydroxylation is 2. The molecule has 2 atom stereocenters. The van der Waals surface area contributed by atoms with Crippen LogP contribution in [-0.4, -0.2) is 4.70 Å². The van der Waals surface area contributed by atoms with Crippen molar-refractivity contribution in [3.63, 3.8) is 0 Å². The summed E-state index contributed by atoms with van der Waals surface area (Å²) in [5.41, 5.74) is 19.7. The van der Waals surface area contributed by atoms with Gasteiger partial charge in [-0.05, 0) is 106 Å². The van der Waals surface area contributed by atoms with Crippen molar-refractivity contribution >= 4 is 11.4 Å². The minimum atomic E-state index is 0.674. The third-order valence-corrected chi connectivity index (χ3v) is 12.2. The fourth-order valence-electron chi connectivity index (χ4n) is 8.44. The summed E-state index contributed by atoms with van der Waals surface area (Å²) < 4.78 is 1.48. The number of nitrogens with zero attached hydrogens (tertiary/aromatic N) is 2. The second-order valence-electron chi connectivity index (χ2n) is 17.2. The normalized spacial score (nSPS) is 14.1. The summed E-state index contributed by atoms with van der Waals surface area (Å²) in [6.45, 7) is 11.4. The summed E-state index contributed by atoms with van der Waals surface area (Å²) >= 11 is 0. The predicted octanol–water partition coefficient (Wildman–Crippen LogP) is 17.8. The SMILES string of the molecule is CCCCC#CC1=C(c2ccccc2CCC(CC=CCCCCCCC)CCCC)[N+](=[N-])C(c2ccccc2CCC(CC=CCCCCCCC)CCCC)=C1. The number of unbranched alkanes of at least 4 members (excludes halogenated alkanes) is 14. The summed E-state index contributed by atoms with van der Waals surface area (Å²) in [4.78, 5) is 0. The molecular formula is C56H84N2. The number of rotatable bonds is 32. The van der Waals surface area contributed by atoms with E-state index in [2.05, 4.69) is 125 Å². The first kappa shape index (κ1) is 48.9. The van der Waals surface area contributed by atoms with Gasteiger partial charge in [0.05, 0.1) is 5.56 Å². The number of allylic oxidation sites excluding steroid dienone is 6. The summed E-state index contributed by atoms with van der Waals surface area (Å²) in [6, 6.07) is 17.6. The lowest BCUT2D eigenvalue weighted by atomic mass is 9.89. The smallest absolute Gasteiger partial charge is 0.223 e. The molecule has 2 aromatic rings. The fourth-order valence-corrected chi connectivity index (χ4v) is 8.44. The fraction of sp³-hybridized carbons (Fsp3) is 0.607. The minimum absolute atomic E-state index is 0.674. The summed E-state index contributed by atoms with van der Waals surface area (Å²) in [6.07, 6.45) is 45.2. The van der Waals surface area contributed by atoms with E-state index in [1.54, 1.807) is 0 Å². The van der Waals surface area contributed by atoms with Crippen molar-refractivity contribution in [2.24, 2.45) is 11.8 Å². The molecule has 2 nitrogen and oxygen atoms in total. The van der Waals surface area contributed by atoms with Gasteiger partial charge in [0, 0.05) is 18.1 Å². The largest absolute Gasteiger partial charge is 0.493 e. The molecule has 2 unspecified atom stereocenters. The molecule has 1 heterocycles. The average molecular weight is 785 g/mol. The maximum Gasteiger partial charge on any atom is 0.223 e. The molecule has 2 aromatic carbocycles. The molecule has 0 fully saturated rings. The van der Waals surface area contributed by atoms with Gasteiger partial charge in [-0.2, -0.15) is 0 Å². The van der Waals surface area contributed by atoms with E-state index in [1.807, 2.05) is 0 Å². The molecule has 58 heavy (non-hydrogen) atoms. The Labute approximate surface area is 358 Å². The van der Waals surface area contributed by atoms with Gasteiger partial charge in [-0.25, -0.2) is 4.70 Å². The van der Waals surface area contributed by atoms with Gasteiger partial charge in [0.15, 0.2) is 0 Å². The van der Waals surface area contributed by atoms with Crippen LogP contribution in [0, 0.1) is 23.7 Å². The van der Waals surface area contributed by atoms with Gasteiger partial charge in [0.1, 0.15) is 5.57 Å². The first-order valence-corrected chi connectivity index (χ1v) is 24.5. The molecule has 0 aliphatic carbocycles. The van der Waals surface area contributed by atoms with Crippen LogP contribution in [0.1, 0.15) is 217 Å². The summed E-state index contributed by atoms with van der Waals surface area (Å²) in [5, 5.41) is 0. The van der Waals surface area contributed by atoms with E-state index in [9.17, 15) is 5.53 Å². The lowest BCUT2D eigenvalue weighted by molar-refractivity contribution is -0.344. The molecule has 2 heteroatoms. The molecule has 3 rings (SSSR count). The van der Waals surface area contributed by atoms with Gasteiger partial charge in [0.25, 0.3) is 0 Å². The van der Waals surface area contributed by atoms with Crippen molar-refractivity contribution in [2.45, 2.75) is 208 Å². The van der Waals surface area contributed by atoms with E-state index in [0.29, 0.717) is 11.8 Å². The molecule has 1 aliphatic heterocycles. The van der Waals surface area contributed by atoms with Crippen molar-refractivity contribution in [1.29, 1.82) is 0 Å². The average Bonchev–Trinajstić information content (AvgIpc) is 3.57. The second kappa shape index (κ2) is 31.5. The molecule has 0 bridgehead atoms. The Morgan fingerprint density at radius 2 is 1.02 bits per heavy atom. The van der Waals surface area contributed by atoms with Crippen molar-refractivity contribution in [2.75, 3.05) is 0 Å². The Kier molecular flexibility index (Phi) is 26.6. The Hall–Kier alpha value is -3.44. The monoisotopic (exact) mass is 785 g/mol. The zero-order valence-corrected chi connectivity index (χ0v) is 38.1. The highest BCUT2D eigenvalue weighted by atomic mass is 15.2. The van der Waals surface area contributed by atoms with Crippen LogP contribution in [0.5, 0.6) is 0 Å². The minimum Gasteiger partial charge on any atom is -0.493 e. The Morgan fingerprint density at radius 3 is 1.55 bits per heavy atom. The third-order valence-electron chi connectivity index (χ3n) is 12.2. The van der Waals surface area contributed by atoms with E-state index >= 15 is 0 Å². The van der Waals surface area contributed by atoms with E-state index < -0.39 is 0 Å². The van der Waals surface area contributed by atoms with Gasteiger partial charge in [0.2, 0.25) is 11.4 Å². The molecule has 0 radical (unpaired) electrons. The zero-order chi connectivity index (χ0) is 41.5. The van der Waals surface area contributed by atoms with Crippen molar-refractivity contribution in [3.05, 3.63) is 112 Å². The molecule has 0 spiro atoms. The van der Waals surface area contributed by atoms with Crippen molar-refractivity contribution < 1.29 is 4.70 Å². The molecule has 318 valence electrons. The Morgan fingerprint density at radius 1 is 0.534 bits per heavy atom. The van der Waals surface area contributed by atoms with E-state index in [1.165, 1.54) is 138 Å². The molecular weight excluding hydrogens is 701 g/mol. The number of hydrogen-bond donors (Lipinski definition) is 0. The summed E-state index contributed by atoms with van der Waals surface area (Å²) in [7, 11) is 0. The van der Waals surface area contributed by atoms with Crippen LogP contribution >= 0.6 is 0 Å². The predicted molar refractivity (Wildman–Crippen MR) is 256 cm³/mol. The number of hydrogen-bond acceptors (Lipinski definition) is 0. The maximum atomic E-state index is 12.3. The van der Waals surface area contributed by atoms with E-state index in [-0.39, 0.29) is 0 Å². The Balaban J connectivity index is 1.80. The quantitative estimate of drug-likeness (QED) is 0.0306. The second-order valence-corrected chi connectivity index (χ2v) is 17.2. The zero-order valence-electron chi connectivity index (χ0n) is 38.1. The van der Waals surface area contributed by atoms with E-state index in [0.717, 1.165) is 79.5 Å². The third kappa shape index (κ3) is 18.6. The van der Waals surface area contributed by atoms with Crippen LogP contribution in [0.4, 0.5) is 0 Å². The van der Waals surface area contributed by atoms with Crippen LogP contribution in [0.15, 0.2) is 84.5 Å². The standard InChI is InChI=1S/C56H84N2/c1-6-11-16-19-21-23-25-27-36-48(34-14-9-4)43-45-50-38-30-32-41-53(50)55-47-52(40-29-18-13-8-3)56(58(55)57)54-42-33-31-39-51(54)46-44-49(35-15-10-5)37-28-26-24-22-20-17-12-7-2/h25-28,30-33,38-39,41-42,47-49H,6-24,34-37,43-46H2,1-5H3. The lowest BCUT2D eigenvalue weighted by Gasteiger charge is -2.18. The summed E-state index contributed by atoms with van der Waals surface area (Å²) in [5.74, 6) is 8.37. The first-order valence-electron chi connectivity index (χ1n) is 24.5. The van der Waals surface area contributed by atoms with Gasteiger partial charge in [-0.1, -0.05) is 203 Å². The Bertz CT molecular complexity index is 1610. The highest BCUT2D eigenvalue weighted by Crippen LogP contribution is 2.38. The molecule has 0 N–H and O–H groups in total. The molecule has 1 aliphatic rings. The van der Waals surface area contributed by atoms with Gasteiger partial charge < -0.3 is 5.53 Å². The van der Waals surface area contributed by atoms with Crippen LogP contribution in [-0.2, 0) is 12.8 Å². The first-order chi connectivity index (χ1) is 28.6. The highest BCUT2D eigenvalue weighted by Gasteiger charge is 2.31. The van der Waals surface area contributed by atoms with Crippen molar-refractivity contribution in [3.8, 4) is 11.8 Å². The van der Waals surface area contributed by atoms with Crippen LogP contribution in [0.3, 0.4) is 0 Å². The van der Waals surface area contributed by atoms with Crippen LogP contribution < -0.4 is 0 Å². The number of benzene rings is 2. The maximum absolute atomic E-state index is 12.3. The topological polar surface area (TPSA) is 25.3 Å². The van der Waals surface area contributed by atoms with Crippen LogP contribution in [0.25, 0.3) is 16.9 Å². The molecule has 0 aromatic heterocycles. The van der Waals surface area contributed by atoms with Gasteiger partial charge in [-0.3, -0.25) is 0 Å². The van der Waals surface area contributed by atoms with Crippen LogP contribution in [0.2, 0.25) is 0 Å².